The molecular weight excluding hydrogens is 220 g/mol. The summed E-state index contributed by atoms with van der Waals surface area (Å²) in [4.78, 5) is 0. The molecule has 0 aliphatic rings. The quantitative estimate of drug-likeness (QED) is 0.532. The zero-order chi connectivity index (χ0) is 13.0. The van der Waals surface area contributed by atoms with Crippen LogP contribution in [-0.4, -0.2) is 34.9 Å². The lowest BCUT2D eigenvalue weighted by molar-refractivity contribution is -0.225. The van der Waals surface area contributed by atoms with Gasteiger partial charge in [0.1, 0.15) is 0 Å². The zero-order valence-corrected chi connectivity index (χ0v) is 13.1. The summed E-state index contributed by atoms with van der Waals surface area (Å²) in [5.41, 5.74) is 0. The van der Waals surface area contributed by atoms with Gasteiger partial charge in [-0.15, -0.1) is 0 Å². The lowest BCUT2D eigenvalue weighted by Crippen LogP contribution is -2.47. The lowest BCUT2D eigenvalue weighted by Gasteiger charge is -2.39. The highest BCUT2D eigenvalue weighted by Gasteiger charge is 2.40. The minimum Gasteiger partial charge on any atom is -0.411 e. The largest absolute Gasteiger partial charge is 0.411 e. The number of hydrogen-bond donors (Lipinski definition) is 0. The molecule has 16 heavy (non-hydrogen) atoms. The first-order valence-electron chi connectivity index (χ1n) is 5.88. The van der Waals surface area contributed by atoms with Crippen LogP contribution in [0.5, 0.6) is 0 Å². The molecule has 0 aliphatic heterocycles. The first-order chi connectivity index (χ1) is 7.14. The van der Waals surface area contributed by atoms with Crippen molar-refractivity contribution in [1.29, 1.82) is 0 Å². The van der Waals surface area contributed by atoms with Crippen LogP contribution in [0.3, 0.4) is 0 Å². The highest BCUT2D eigenvalue weighted by atomic mass is 28.4. The van der Waals surface area contributed by atoms with Gasteiger partial charge < -0.3 is 13.9 Å². The topological polar surface area (TPSA) is 27.7 Å². The van der Waals surface area contributed by atoms with E-state index < -0.39 is 14.1 Å². The fraction of sp³-hybridized carbons (Fsp3) is 1.00. The van der Waals surface area contributed by atoms with E-state index in [0.717, 1.165) is 6.42 Å². The second-order valence-corrected chi connectivity index (χ2v) is 10.5. The number of hydrogen-bond acceptors (Lipinski definition) is 3. The maximum absolute atomic E-state index is 6.12. The number of ether oxygens (including phenoxy) is 2. The van der Waals surface area contributed by atoms with Crippen LogP contribution >= 0.6 is 0 Å². The van der Waals surface area contributed by atoms with Crippen molar-refractivity contribution in [2.24, 2.45) is 0 Å². The highest BCUT2D eigenvalue weighted by molar-refractivity contribution is 6.74. The van der Waals surface area contributed by atoms with Gasteiger partial charge in [-0.05, 0) is 18.1 Å². The monoisotopic (exact) mass is 248 g/mol. The molecule has 0 amide bonds. The van der Waals surface area contributed by atoms with Crippen LogP contribution in [0.4, 0.5) is 0 Å². The average Bonchev–Trinajstić information content (AvgIpc) is 2.19. The molecule has 0 unspecified atom stereocenters. The van der Waals surface area contributed by atoms with E-state index in [1.807, 2.05) is 6.92 Å². The predicted octanol–water partition coefficient (Wildman–Crippen LogP) is 3.41. The van der Waals surface area contributed by atoms with Crippen molar-refractivity contribution < 1.29 is 13.9 Å². The molecule has 0 heterocycles. The summed E-state index contributed by atoms with van der Waals surface area (Å²) in [7, 11) is 1.61. The molecule has 4 heteroatoms. The van der Waals surface area contributed by atoms with Crippen molar-refractivity contribution in [2.45, 2.75) is 58.0 Å². The molecule has 0 aliphatic carbocycles. The van der Waals surface area contributed by atoms with Gasteiger partial charge in [-0.1, -0.05) is 27.7 Å². The Kier molecular flexibility index (Phi) is 5.66. The third-order valence-corrected chi connectivity index (χ3v) is 8.22. The number of rotatable bonds is 6. The molecule has 98 valence electrons. The van der Waals surface area contributed by atoms with Gasteiger partial charge in [0.15, 0.2) is 14.1 Å². The van der Waals surface area contributed by atoms with Gasteiger partial charge in [0.05, 0.1) is 6.61 Å². The summed E-state index contributed by atoms with van der Waals surface area (Å²) in [6.45, 7) is 13.7. The molecule has 0 aromatic heterocycles. The van der Waals surface area contributed by atoms with Crippen LogP contribution < -0.4 is 0 Å². The van der Waals surface area contributed by atoms with Crippen molar-refractivity contribution in [1.82, 2.24) is 0 Å². The molecule has 0 saturated carbocycles. The van der Waals surface area contributed by atoms with E-state index in [9.17, 15) is 0 Å². The third kappa shape index (κ3) is 3.84. The molecule has 0 spiro atoms. The molecule has 0 aromatic carbocycles. The highest BCUT2D eigenvalue weighted by Crippen LogP contribution is 2.37. The van der Waals surface area contributed by atoms with E-state index in [1.54, 1.807) is 14.2 Å². The van der Waals surface area contributed by atoms with Crippen LogP contribution in [0.15, 0.2) is 0 Å². The van der Waals surface area contributed by atoms with Gasteiger partial charge in [0.25, 0.3) is 0 Å². The Labute approximate surface area is 102 Å². The van der Waals surface area contributed by atoms with Crippen LogP contribution in [-0.2, 0) is 13.9 Å². The zero-order valence-electron chi connectivity index (χ0n) is 12.1. The van der Waals surface area contributed by atoms with E-state index in [1.165, 1.54) is 0 Å². The minimum absolute atomic E-state index is 0.216. The Morgan fingerprint density at radius 1 is 1.00 bits per heavy atom. The summed E-state index contributed by atoms with van der Waals surface area (Å²) in [5.74, 6) is -0.588. The second-order valence-electron chi connectivity index (χ2n) is 5.72. The van der Waals surface area contributed by atoms with Gasteiger partial charge >= 0.3 is 0 Å². The smallest absolute Gasteiger partial charge is 0.192 e. The van der Waals surface area contributed by atoms with E-state index in [0.29, 0.717) is 6.61 Å². The van der Waals surface area contributed by atoms with Crippen LogP contribution in [0.2, 0.25) is 18.1 Å². The third-order valence-electron chi connectivity index (χ3n) is 3.74. The Bertz CT molecular complexity index is 195. The van der Waals surface area contributed by atoms with E-state index in [2.05, 4.69) is 33.9 Å². The standard InChI is InChI=1S/C12H28O3Si/c1-9-12(13-5,14-6)10-15-16(7,8)11(2,3)4/h9-10H2,1-8H3. The van der Waals surface area contributed by atoms with Gasteiger partial charge in [-0.2, -0.15) is 0 Å². The molecule has 0 rings (SSSR count). The van der Waals surface area contributed by atoms with E-state index in [4.69, 9.17) is 13.9 Å². The summed E-state index contributed by atoms with van der Waals surface area (Å²) in [6.07, 6.45) is 0.786. The number of methoxy groups -OCH3 is 2. The van der Waals surface area contributed by atoms with Crippen molar-refractivity contribution >= 4 is 8.32 Å². The fourth-order valence-electron chi connectivity index (χ4n) is 1.10. The Morgan fingerprint density at radius 3 is 1.69 bits per heavy atom. The molecule has 0 N–H and O–H groups in total. The summed E-state index contributed by atoms with van der Waals surface area (Å²) in [5, 5.41) is 0.216. The Balaban J connectivity index is 4.54. The van der Waals surface area contributed by atoms with Gasteiger partial charge in [-0.3, -0.25) is 0 Å². The maximum atomic E-state index is 6.12. The van der Waals surface area contributed by atoms with Crippen LogP contribution in [0.1, 0.15) is 34.1 Å². The fourth-order valence-corrected chi connectivity index (χ4v) is 2.11. The molecule has 3 nitrogen and oxygen atoms in total. The van der Waals surface area contributed by atoms with Crippen molar-refractivity contribution in [3.05, 3.63) is 0 Å². The summed E-state index contributed by atoms with van der Waals surface area (Å²) in [6, 6.07) is 0. The molecule has 0 bridgehead atoms. The summed E-state index contributed by atoms with van der Waals surface area (Å²) < 4.78 is 17.0. The van der Waals surface area contributed by atoms with Crippen LogP contribution in [0, 0.1) is 0 Å². The van der Waals surface area contributed by atoms with Gasteiger partial charge in [0, 0.05) is 20.6 Å². The SMILES string of the molecule is CCC(CO[Si](C)(C)C(C)(C)C)(OC)OC. The normalized spacial score (nSPS) is 14.2. The summed E-state index contributed by atoms with van der Waals surface area (Å²) >= 11 is 0. The Morgan fingerprint density at radius 2 is 1.44 bits per heavy atom. The minimum atomic E-state index is -1.72. The first-order valence-corrected chi connectivity index (χ1v) is 8.79. The molecule has 0 saturated heterocycles. The van der Waals surface area contributed by atoms with Gasteiger partial charge in [-0.25, -0.2) is 0 Å². The maximum Gasteiger partial charge on any atom is 0.192 e. The molecule has 0 aromatic rings. The molecule has 0 atom stereocenters. The van der Waals surface area contributed by atoms with E-state index >= 15 is 0 Å². The van der Waals surface area contributed by atoms with Crippen molar-refractivity contribution in [3.8, 4) is 0 Å². The Hall–Kier alpha value is 0.0969. The lowest BCUT2D eigenvalue weighted by atomic mass is 10.2. The van der Waals surface area contributed by atoms with E-state index in [-0.39, 0.29) is 5.04 Å². The van der Waals surface area contributed by atoms with Crippen molar-refractivity contribution in [2.75, 3.05) is 20.8 Å². The first kappa shape index (κ1) is 16.1. The molecule has 0 fully saturated rings. The average molecular weight is 248 g/mol. The second kappa shape index (κ2) is 5.62. The van der Waals surface area contributed by atoms with Gasteiger partial charge in [0.2, 0.25) is 0 Å². The van der Waals surface area contributed by atoms with Crippen LogP contribution in [0.25, 0.3) is 0 Å². The predicted molar refractivity (Wildman–Crippen MR) is 70.2 cm³/mol. The molecular formula is C12H28O3Si. The molecule has 0 radical (unpaired) electrons. The van der Waals surface area contributed by atoms with Crippen molar-refractivity contribution in [3.63, 3.8) is 0 Å².